The Labute approximate surface area is 86.1 Å². The van der Waals surface area contributed by atoms with E-state index in [2.05, 4.69) is 4.98 Å². The third-order valence-electron chi connectivity index (χ3n) is 1.87. The summed E-state index contributed by atoms with van der Waals surface area (Å²) in [5.41, 5.74) is 4.55. The van der Waals surface area contributed by atoms with E-state index in [-0.39, 0.29) is 6.42 Å². The molecule has 2 nitrogen and oxygen atoms in total. The maximum atomic E-state index is 12.4. The molecule has 14 heavy (non-hydrogen) atoms. The second-order valence-electron chi connectivity index (χ2n) is 3.47. The first-order valence-corrected chi connectivity index (χ1v) is 4.47. The molecule has 0 radical (unpaired) electrons. The number of pyridine rings is 1. The molecule has 0 aliphatic rings. The Hall–Kier alpha value is -0.740. The van der Waals surface area contributed by atoms with Crippen molar-refractivity contribution in [2.45, 2.75) is 25.3 Å². The van der Waals surface area contributed by atoms with E-state index in [9.17, 15) is 8.78 Å². The highest BCUT2D eigenvalue weighted by Crippen LogP contribution is 2.18. The Bertz CT molecular complexity index is 298. The maximum absolute atomic E-state index is 12.4. The van der Waals surface area contributed by atoms with Crippen molar-refractivity contribution in [2.75, 3.05) is 0 Å². The number of rotatable bonds is 3. The van der Waals surface area contributed by atoms with Gasteiger partial charge in [-0.15, -0.1) is 0 Å². The second-order valence-corrected chi connectivity index (χ2v) is 3.86. The van der Waals surface area contributed by atoms with Gasteiger partial charge in [0.2, 0.25) is 0 Å². The van der Waals surface area contributed by atoms with Crippen LogP contribution in [0.5, 0.6) is 0 Å². The number of nitrogens with zero attached hydrogens (tertiary/aromatic N) is 1. The van der Waals surface area contributed by atoms with Crippen molar-refractivity contribution in [3.8, 4) is 0 Å². The molecular weight excluding hydrogens is 210 g/mol. The van der Waals surface area contributed by atoms with Crippen LogP contribution in [0.1, 0.15) is 12.5 Å². The molecule has 1 atom stereocenters. The van der Waals surface area contributed by atoms with Crippen LogP contribution in [-0.4, -0.2) is 16.9 Å². The first-order chi connectivity index (χ1) is 6.42. The summed E-state index contributed by atoms with van der Waals surface area (Å²) in [5, 5.41) is 0.338. The van der Waals surface area contributed by atoms with Crippen LogP contribution in [0.2, 0.25) is 5.15 Å². The first-order valence-electron chi connectivity index (χ1n) is 4.09. The quantitative estimate of drug-likeness (QED) is 0.794. The van der Waals surface area contributed by atoms with Crippen molar-refractivity contribution >= 4 is 11.6 Å². The average molecular weight is 221 g/mol. The smallest absolute Gasteiger partial charge is 0.256 e. The summed E-state index contributed by atoms with van der Waals surface area (Å²) in [6.07, 6.45) is -1.02. The van der Waals surface area contributed by atoms with Gasteiger partial charge in [-0.1, -0.05) is 17.7 Å². The van der Waals surface area contributed by atoms with Crippen LogP contribution in [-0.2, 0) is 6.42 Å². The summed E-state index contributed by atoms with van der Waals surface area (Å²) < 4.78 is 24.8. The molecule has 78 valence electrons. The minimum Gasteiger partial charge on any atom is -0.320 e. The van der Waals surface area contributed by atoms with Crippen molar-refractivity contribution in [3.05, 3.63) is 29.0 Å². The lowest BCUT2D eigenvalue weighted by Gasteiger charge is -2.23. The Kier molecular flexibility index (Phi) is 3.39. The third-order valence-corrected chi connectivity index (χ3v) is 2.10. The van der Waals surface area contributed by atoms with Crippen molar-refractivity contribution in [2.24, 2.45) is 5.73 Å². The van der Waals surface area contributed by atoms with Crippen LogP contribution in [0.25, 0.3) is 0 Å². The topological polar surface area (TPSA) is 38.9 Å². The highest BCUT2D eigenvalue weighted by atomic mass is 35.5. The van der Waals surface area contributed by atoms with Crippen molar-refractivity contribution < 1.29 is 8.78 Å². The van der Waals surface area contributed by atoms with Gasteiger partial charge in [0.05, 0.1) is 5.54 Å². The van der Waals surface area contributed by atoms with Crippen molar-refractivity contribution in [3.63, 3.8) is 0 Å². The summed E-state index contributed by atoms with van der Waals surface area (Å²) in [6, 6.07) is 3.20. The van der Waals surface area contributed by atoms with Crippen LogP contribution >= 0.6 is 11.6 Å². The van der Waals surface area contributed by atoms with Gasteiger partial charge in [-0.3, -0.25) is 0 Å². The van der Waals surface area contributed by atoms with E-state index in [0.29, 0.717) is 10.7 Å². The predicted molar refractivity (Wildman–Crippen MR) is 51.5 cm³/mol. The number of alkyl halides is 2. The molecule has 0 spiro atoms. The van der Waals surface area contributed by atoms with E-state index in [4.69, 9.17) is 17.3 Å². The van der Waals surface area contributed by atoms with Crippen LogP contribution in [0.4, 0.5) is 8.78 Å². The number of halogens is 3. The normalized spacial score (nSPS) is 15.6. The Morgan fingerprint density at radius 2 is 2.21 bits per heavy atom. The van der Waals surface area contributed by atoms with E-state index < -0.39 is 12.0 Å². The zero-order valence-electron chi connectivity index (χ0n) is 7.67. The number of hydrogen-bond donors (Lipinski definition) is 1. The highest BCUT2D eigenvalue weighted by Gasteiger charge is 2.30. The molecule has 1 aromatic heterocycles. The lowest BCUT2D eigenvalue weighted by Crippen LogP contribution is -2.45. The molecule has 1 unspecified atom stereocenters. The molecular formula is C9H11ClF2N2. The molecule has 0 aliphatic carbocycles. The summed E-state index contributed by atoms with van der Waals surface area (Å²) in [6.45, 7) is 1.31. The van der Waals surface area contributed by atoms with Gasteiger partial charge in [0, 0.05) is 6.20 Å². The third kappa shape index (κ3) is 2.89. The SMILES string of the molecule is CC(N)(Cc1ccc(Cl)nc1)C(F)F. The molecule has 1 heterocycles. The Morgan fingerprint density at radius 1 is 1.57 bits per heavy atom. The maximum Gasteiger partial charge on any atom is 0.256 e. The second kappa shape index (κ2) is 4.19. The van der Waals surface area contributed by atoms with Gasteiger partial charge in [-0.05, 0) is 25.0 Å². The molecule has 2 N–H and O–H groups in total. The van der Waals surface area contributed by atoms with Crippen LogP contribution in [0, 0.1) is 0 Å². The number of aromatic nitrogens is 1. The van der Waals surface area contributed by atoms with Gasteiger partial charge in [-0.2, -0.15) is 0 Å². The highest BCUT2D eigenvalue weighted by molar-refractivity contribution is 6.29. The molecule has 5 heteroatoms. The lowest BCUT2D eigenvalue weighted by molar-refractivity contribution is 0.0639. The predicted octanol–water partition coefficient (Wildman–Crippen LogP) is 2.26. The zero-order chi connectivity index (χ0) is 10.8. The summed E-state index contributed by atoms with van der Waals surface area (Å²) in [4.78, 5) is 3.79. The Morgan fingerprint density at radius 3 is 2.64 bits per heavy atom. The van der Waals surface area contributed by atoms with E-state index in [1.54, 1.807) is 12.1 Å². The van der Waals surface area contributed by atoms with Crippen LogP contribution < -0.4 is 5.73 Å². The molecule has 0 saturated carbocycles. The molecule has 0 aromatic carbocycles. The van der Waals surface area contributed by atoms with Gasteiger partial charge >= 0.3 is 0 Å². The molecule has 1 aromatic rings. The fourth-order valence-electron chi connectivity index (χ4n) is 1.03. The van der Waals surface area contributed by atoms with Crippen LogP contribution in [0.3, 0.4) is 0 Å². The number of hydrogen-bond acceptors (Lipinski definition) is 2. The van der Waals surface area contributed by atoms with E-state index >= 15 is 0 Å². The molecule has 0 fully saturated rings. The largest absolute Gasteiger partial charge is 0.320 e. The molecule has 0 saturated heterocycles. The average Bonchev–Trinajstić information content (AvgIpc) is 2.08. The van der Waals surface area contributed by atoms with Gasteiger partial charge < -0.3 is 5.73 Å². The van der Waals surface area contributed by atoms with Gasteiger partial charge in [0.15, 0.2) is 0 Å². The van der Waals surface area contributed by atoms with Gasteiger partial charge in [-0.25, -0.2) is 13.8 Å². The molecule has 0 bridgehead atoms. The lowest BCUT2D eigenvalue weighted by atomic mass is 9.95. The van der Waals surface area contributed by atoms with Crippen LogP contribution in [0.15, 0.2) is 18.3 Å². The van der Waals surface area contributed by atoms with Crippen molar-refractivity contribution in [1.29, 1.82) is 0 Å². The van der Waals surface area contributed by atoms with Gasteiger partial charge in [0.1, 0.15) is 5.15 Å². The minimum atomic E-state index is -2.56. The first kappa shape index (κ1) is 11.3. The van der Waals surface area contributed by atoms with Gasteiger partial charge in [0.25, 0.3) is 6.43 Å². The molecule has 0 aliphatic heterocycles. The minimum absolute atomic E-state index is 0.0782. The summed E-state index contributed by atoms with van der Waals surface area (Å²) in [7, 11) is 0. The van der Waals surface area contributed by atoms with Crippen molar-refractivity contribution in [1.82, 2.24) is 4.98 Å². The molecule has 1 rings (SSSR count). The Balaban J connectivity index is 2.74. The van der Waals surface area contributed by atoms with E-state index in [1.807, 2.05) is 0 Å². The van der Waals surface area contributed by atoms with E-state index in [1.165, 1.54) is 13.1 Å². The fraction of sp³-hybridized carbons (Fsp3) is 0.444. The fourth-order valence-corrected chi connectivity index (χ4v) is 1.14. The molecule has 0 amide bonds. The summed E-state index contributed by atoms with van der Waals surface area (Å²) in [5.74, 6) is 0. The zero-order valence-corrected chi connectivity index (χ0v) is 8.43. The van der Waals surface area contributed by atoms with E-state index in [0.717, 1.165) is 0 Å². The standard InChI is InChI=1S/C9H11ClF2N2/c1-9(13,8(11)12)4-6-2-3-7(10)14-5-6/h2-3,5,8H,4,13H2,1H3. The summed E-state index contributed by atoms with van der Waals surface area (Å²) >= 11 is 5.55. The number of nitrogens with two attached hydrogens (primary N) is 1. The monoisotopic (exact) mass is 220 g/mol.